The van der Waals surface area contributed by atoms with E-state index in [1.54, 1.807) is 0 Å². The van der Waals surface area contributed by atoms with Gasteiger partial charge >= 0.3 is 0 Å². The van der Waals surface area contributed by atoms with Gasteiger partial charge in [-0.25, -0.2) is 0 Å². The van der Waals surface area contributed by atoms with E-state index in [1.165, 1.54) is 21.9 Å². The number of hydrogen-bond donors (Lipinski definition) is 1. The Bertz CT molecular complexity index is 985. The largest absolute Gasteiger partial charge is 0.355 e. The monoisotopic (exact) mass is 373 g/mol. The molecule has 1 nitrogen and oxygen atoms in total. The maximum atomic E-state index is 3.54. The zero-order chi connectivity index (χ0) is 16.4. The van der Waals surface area contributed by atoms with Crippen molar-refractivity contribution in [1.29, 1.82) is 0 Å². The summed E-state index contributed by atoms with van der Waals surface area (Å²) in [4.78, 5) is 0. The molecule has 0 saturated carbocycles. The van der Waals surface area contributed by atoms with Crippen molar-refractivity contribution in [2.24, 2.45) is 0 Å². The van der Waals surface area contributed by atoms with Crippen LogP contribution in [0, 0.1) is 0 Å². The number of halogens is 1. The van der Waals surface area contributed by atoms with Gasteiger partial charge in [-0.05, 0) is 46.7 Å². The number of hydrogen-bond acceptors (Lipinski definition) is 1. The van der Waals surface area contributed by atoms with Gasteiger partial charge < -0.3 is 5.32 Å². The Morgan fingerprint density at radius 1 is 0.583 bits per heavy atom. The molecule has 0 spiro atoms. The summed E-state index contributed by atoms with van der Waals surface area (Å²) < 4.78 is 1.08. The molecule has 0 saturated heterocycles. The van der Waals surface area contributed by atoms with E-state index in [2.05, 4.69) is 100 Å². The third kappa shape index (κ3) is 2.93. The first kappa shape index (κ1) is 15.0. The standard InChI is InChI=1S/C22H16BrN/c23-17-12-14-18(15-13-17)24-22-11-4-3-9-21(22)20-10-5-7-16-6-1-2-8-19(16)20/h1-15,24H. The van der Waals surface area contributed by atoms with Crippen LogP contribution in [0.5, 0.6) is 0 Å². The molecule has 0 radical (unpaired) electrons. The van der Waals surface area contributed by atoms with Crippen LogP contribution < -0.4 is 5.32 Å². The minimum Gasteiger partial charge on any atom is -0.355 e. The molecule has 116 valence electrons. The van der Waals surface area contributed by atoms with Crippen molar-refractivity contribution in [3.8, 4) is 11.1 Å². The smallest absolute Gasteiger partial charge is 0.0464 e. The van der Waals surface area contributed by atoms with Gasteiger partial charge in [0.15, 0.2) is 0 Å². The van der Waals surface area contributed by atoms with E-state index in [0.29, 0.717) is 0 Å². The summed E-state index contributed by atoms with van der Waals surface area (Å²) in [7, 11) is 0. The highest BCUT2D eigenvalue weighted by molar-refractivity contribution is 9.10. The van der Waals surface area contributed by atoms with Crippen molar-refractivity contribution in [2.45, 2.75) is 0 Å². The summed E-state index contributed by atoms with van der Waals surface area (Å²) >= 11 is 3.48. The van der Waals surface area contributed by atoms with Crippen LogP contribution in [0.3, 0.4) is 0 Å². The van der Waals surface area contributed by atoms with E-state index in [9.17, 15) is 0 Å². The van der Waals surface area contributed by atoms with E-state index < -0.39 is 0 Å². The Morgan fingerprint density at radius 2 is 1.25 bits per heavy atom. The molecule has 4 rings (SSSR count). The maximum Gasteiger partial charge on any atom is 0.0464 e. The van der Waals surface area contributed by atoms with Crippen LogP contribution in [0.25, 0.3) is 21.9 Å². The Kier molecular flexibility index (Phi) is 4.06. The summed E-state index contributed by atoms with van der Waals surface area (Å²) in [5, 5.41) is 6.07. The van der Waals surface area contributed by atoms with Crippen LogP contribution in [0.1, 0.15) is 0 Å². The van der Waals surface area contributed by atoms with Crippen molar-refractivity contribution in [2.75, 3.05) is 5.32 Å². The van der Waals surface area contributed by atoms with E-state index in [1.807, 2.05) is 12.1 Å². The number of nitrogens with one attached hydrogen (secondary N) is 1. The molecule has 2 heteroatoms. The van der Waals surface area contributed by atoms with Crippen LogP contribution in [-0.2, 0) is 0 Å². The molecule has 0 bridgehead atoms. The van der Waals surface area contributed by atoms with Gasteiger partial charge in [-0.1, -0.05) is 76.6 Å². The van der Waals surface area contributed by atoms with Crippen molar-refractivity contribution >= 4 is 38.1 Å². The first-order valence-electron chi connectivity index (χ1n) is 7.91. The maximum absolute atomic E-state index is 3.54. The van der Waals surface area contributed by atoms with E-state index in [4.69, 9.17) is 0 Å². The first-order chi connectivity index (χ1) is 11.8. The summed E-state index contributed by atoms with van der Waals surface area (Å²) in [6.45, 7) is 0. The fourth-order valence-corrected chi connectivity index (χ4v) is 3.24. The molecule has 0 aliphatic rings. The third-order valence-electron chi connectivity index (χ3n) is 4.13. The lowest BCUT2D eigenvalue weighted by molar-refractivity contribution is 1.53. The molecular formula is C22H16BrN. The van der Waals surface area contributed by atoms with Crippen LogP contribution >= 0.6 is 15.9 Å². The van der Waals surface area contributed by atoms with Crippen LogP contribution in [0.15, 0.2) is 95.5 Å². The molecular weight excluding hydrogens is 358 g/mol. The van der Waals surface area contributed by atoms with Gasteiger partial charge in [0, 0.05) is 21.4 Å². The van der Waals surface area contributed by atoms with Crippen LogP contribution in [-0.4, -0.2) is 0 Å². The topological polar surface area (TPSA) is 12.0 Å². The predicted octanol–water partition coefficient (Wildman–Crippen LogP) is 7.01. The summed E-state index contributed by atoms with van der Waals surface area (Å²) in [5.74, 6) is 0. The summed E-state index contributed by atoms with van der Waals surface area (Å²) in [6, 6.07) is 31.7. The number of benzene rings is 4. The molecule has 0 amide bonds. The zero-order valence-corrected chi connectivity index (χ0v) is 14.6. The van der Waals surface area contributed by atoms with Gasteiger partial charge in [-0.15, -0.1) is 0 Å². The average Bonchev–Trinajstić information content (AvgIpc) is 2.64. The average molecular weight is 374 g/mol. The third-order valence-corrected chi connectivity index (χ3v) is 4.66. The Morgan fingerprint density at radius 3 is 2.12 bits per heavy atom. The second-order valence-corrected chi connectivity index (χ2v) is 6.62. The van der Waals surface area contributed by atoms with Gasteiger partial charge in [0.25, 0.3) is 0 Å². The summed E-state index contributed by atoms with van der Waals surface area (Å²) in [6.07, 6.45) is 0. The molecule has 4 aromatic rings. The highest BCUT2D eigenvalue weighted by Gasteiger charge is 2.08. The first-order valence-corrected chi connectivity index (χ1v) is 8.70. The molecule has 0 fully saturated rings. The SMILES string of the molecule is Brc1ccc(Nc2ccccc2-c2cccc3ccccc23)cc1. The molecule has 0 unspecified atom stereocenters. The number of para-hydroxylation sites is 1. The highest BCUT2D eigenvalue weighted by atomic mass is 79.9. The molecule has 0 atom stereocenters. The van der Waals surface area contributed by atoms with E-state index in [0.717, 1.165) is 15.8 Å². The number of rotatable bonds is 3. The van der Waals surface area contributed by atoms with E-state index >= 15 is 0 Å². The quantitative estimate of drug-likeness (QED) is 0.407. The Balaban J connectivity index is 1.82. The molecule has 24 heavy (non-hydrogen) atoms. The second kappa shape index (κ2) is 6.50. The van der Waals surface area contributed by atoms with Crippen molar-refractivity contribution in [1.82, 2.24) is 0 Å². The van der Waals surface area contributed by atoms with E-state index in [-0.39, 0.29) is 0 Å². The fraction of sp³-hybridized carbons (Fsp3) is 0. The molecule has 0 aromatic heterocycles. The van der Waals surface area contributed by atoms with Crippen molar-refractivity contribution < 1.29 is 0 Å². The van der Waals surface area contributed by atoms with Gasteiger partial charge in [-0.2, -0.15) is 0 Å². The molecule has 0 aliphatic carbocycles. The Hall–Kier alpha value is -2.58. The van der Waals surface area contributed by atoms with Crippen LogP contribution in [0.2, 0.25) is 0 Å². The highest BCUT2D eigenvalue weighted by Crippen LogP contribution is 2.35. The second-order valence-electron chi connectivity index (χ2n) is 5.70. The van der Waals surface area contributed by atoms with Gasteiger partial charge in [0.05, 0.1) is 0 Å². The van der Waals surface area contributed by atoms with Gasteiger partial charge in [-0.3, -0.25) is 0 Å². The van der Waals surface area contributed by atoms with Crippen molar-refractivity contribution in [3.63, 3.8) is 0 Å². The minimum absolute atomic E-state index is 1.07. The minimum atomic E-state index is 1.07. The lowest BCUT2D eigenvalue weighted by Crippen LogP contribution is -1.93. The Labute approximate surface area is 150 Å². The normalized spacial score (nSPS) is 10.7. The molecule has 4 aromatic carbocycles. The number of anilines is 2. The van der Waals surface area contributed by atoms with Crippen molar-refractivity contribution in [3.05, 3.63) is 95.5 Å². The van der Waals surface area contributed by atoms with Gasteiger partial charge in [0.1, 0.15) is 0 Å². The lowest BCUT2D eigenvalue weighted by atomic mass is 9.97. The zero-order valence-electron chi connectivity index (χ0n) is 13.0. The predicted molar refractivity (Wildman–Crippen MR) is 107 cm³/mol. The lowest BCUT2D eigenvalue weighted by Gasteiger charge is -2.14. The summed E-state index contributed by atoms with van der Waals surface area (Å²) in [5.41, 5.74) is 4.63. The van der Waals surface area contributed by atoms with Gasteiger partial charge in [0.2, 0.25) is 0 Å². The number of fused-ring (bicyclic) bond motifs is 1. The van der Waals surface area contributed by atoms with Crippen LogP contribution in [0.4, 0.5) is 11.4 Å². The molecule has 0 heterocycles. The fourth-order valence-electron chi connectivity index (χ4n) is 2.98. The molecule has 1 N–H and O–H groups in total. The molecule has 0 aliphatic heterocycles.